The van der Waals surface area contributed by atoms with E-state index in [-0.39, 0.29) is 23.7 Å². The van der Waals surface area contributed by atoms with E-state index in [1.807, 2.05) is 42.5 Å². The molecule has 0 aliphatic rings. The van der Waals surface area contributed by atoms with Gasteiger partial charge in [-0.15, -0.1) is 0 Å². The van der Waals surface area contributed by atoms with Crippen LogP contribution in [-0.4, -0.2) is 32.4 Å². The molecule has 0 aliphatic carbocycles. The number of nitrogens with zero attached hydrogens (tertiary/aromatic N) is 2. The average Bonchev–Trinajstić information content (AvgIpc) is 2.79. The second kappa shape index (κ2) is 9.30. The van der Waals surface area contributed by atoms with E-state index < -0.39 is 20.1 Å². The fraction of sp³-hybridized carbons (Fsp3) is 0.125. The van der Waals surface area contributed by atoms with Gasteiger partial charge in [0.05, 0.1) is 11.8 Å². The molecule has 33 heavy (non-hydrogen) atoms. The van der Waals surface area contributed by atoms with Crippen LogP contribution in [0.5, 0.6) is 5.75 Å². The van der Waals surface area contributed by atoms with Gasteiger partial charge >= 0.3 is 10.1 Å². The number of benzene rings is 3. The van der Waals surface area contributed by atoms with Gasteiger partial charge in [-0.2, -0.15) is 12.7 Å². The van der Waals surface area contributed by atoms with Crippen molar-refractivity contribution in [3.63, 3.8) is 0 Å². The molecule has 0 spiro atoms. The summed E-state index contributed by atoms with van der Waals surface area (Å²) in [6.07, 6.45) is 2.54. The Bertz CT molecular complexity index is 1470. The van der Waals surface area contributed by atoms with E-state index in [0.717, 1.165) is 17.2 Å². The van der Waals surface area contributed by atoms with E-state index in [1.165, 1.54) is 16.4 Å². The minimum Gasteiger partial charge on any atom is -0.383 e. The number of para-hydroxylation sites is 1. The summed E-state index contributed by atoms with van der Waals surface area (Å²) >= 11 is 0. The number of pyridine rings is 1. The number of rotatable bonds is 8. The second-order valence-corrected chi connectivity index (χ2v) is 11.0. The molecule has 0 N–H and O–H groups in total. The van der Waals surface area contributed by atoms with Gasteiger partial charge in [-0.1, -0.05) is 60.7 Å². The molecule has 1 aromatic heterocycles. The molecule has 0 bridgehead atoms. The molecule has 0 atom stereocenters. The fourth-order valence-corrected chi connectivity index (χ4v) is 5.51. The highest BCUT2D eigenvalue weighted by atomic mass is 32.2. The number of hydrogen-bond donors (Lipinski definition) is 0. The lowest BCUT2D eigenvalue weighted by Gasteiger charge is -2.23. The van der Waals surface area contributed by atoms with Crippen LogP contribution in [0.4, 0.5) is 0 Å². The Morgan fingerprint density at radius 2 is 1.39 bits per heavy atom. The summed E-state index contributed by atoms with van der Waals surface area (Å²) in [6, 6.07) is 24.3. The van der Waals surface area contributed by atoms with Gasteiger partial charge in [-0.05, 0) is 35.4 Å². The lowest BCUT2D eigenvalue weighted by molar-refractivity contribution is 0.401. The summed E-state index contributed by atoms with van der Waals surface area (Å²) in [4.78, 5) is 4.44. The Morgan fingerprint density at radius 3 is 2.06 bits per heavy atom. The largest absolute Gasteiger partial charge is 0.383 e. The number of aromatic nitrogens is 1. The van der Waals surface area contributed by atoms with E-state index in [9.17, 15) is 16.8 Å². The molecular weight excluding hydrogens is 460 g/mol. The highest BCUT2D eigenvalue weighted by molar-refractivity contribution is 7.89. The molecule has 3 aromatic carbocycles. The van der Waals surface area contributed by atoms with E-state index in [2.05, 4.69) is 4.98 Å². The van der Waals surface area contributed by atoms with E-state index in [0.29, 0.717) is 11.1 Å². The van der Waals surface area contributed by atoms with E-state index in [4.69, 9.17) is 4.18 Å². The summed E-state index contributed by atoms with van der Waals surface area (Å²) < 4.78 is 56.5. The molecule has 0 radical (unpaired) electrons. The first kappa shape index (κ1) is 22.9. The molecule has 1 heterocycles. The minimum atomic E-state index is -3.92. The molecule has 0 aliphatic heterocycles. The summed E-state index contributed by atoms with van der Waals surface area (Å²) in [6.45, 7) is 0.244. The third-order valence-corrected chi connectivity index (χ3v) is 7.26. The summed E-state index contributed by atoms with van der Waals surface area (Å²) in [5.41, 5.74) is 1.94. The van der Waals surface area contributed by atoms with Crippen molar-refractivity contribution in [1.82, 2.24) is 9.29 Å². The normalized spacial score (nSPS) is 12.2. The smallest absolute Gasteiger partial charge is 0.306 e. The van der Waals surface area contributed by atoms with Gasteiger partial charge in [0.1, 0.15) is 10.6 Å². The van der Waals surface area contributed by atoms with Crippen LogP contribution in [-0.2, 0) is 33.2 Å². The van der Waals surface area contributed by atoms with Crippen molar-refractivity contribution in [2.45, 2.75) is 18.0 Å². The van der Waals surface area contributed by atoms with E-state index >= 15 is 0 Å². The van der Waals surface area contributed by atoms with Crippen molar-refractivity contribution in [3.8, 4) is 5.75 Å². The van der Waals surface area contributed by atoms with Gasteiger partial charge in [0.15, 0.2) is 0 Å². The molecule has 0 saturated carbocycles. The summed E-state index contributed by atoms with van der Waals surface area (Å²) in [5, 5.41) is 0.737. The van der Waals surface area contributed by atoms with Crippen LogP contribution < -0.4 is 4.18 Å². The maximum Gasteiger partial charge on any atom is 0.306 e. The van der Waals surface area contributed by atoms with Crippen LogP contribution in [0.15, 0.2) is 96.0 Å². The highest BCUT2D eigenvalue weighted by Gasteiger charge is 2.27. The third kappa shape index (κ3) is 5.57. The van der Waals surface area contributed by atoms with E-state index in [1.54, 1.807) is 36.5 Å². The third-order valence-electron chi connectivity index (χ3n) is 4.95. The van der Waals surface area contributed by atoms with Gasteiger partial charge in [-0.25, -0.2) is 8.42 Å². The summed E-state index contributed by atoms with van der Waals surface area (Å²) in [7, 11) is -7.57. The Labute approximate surface area is 193 Å². The molecule has 4 rings (SSSR count). The maximum atomic E-state index is 13.8. The lowest BCUT2D eigenvalue weighted by atomic mass is 10.2. The molecule has 4 aromatic rings. The molecule has 0 unspecified atom stereocenters. The first-order valence-electron chi connectivity index (χ1n) is 10.1. The van der Waals surface area contributed by atoms with Crippen molar-refractivity contribution in [3.05, 3.63) is 102 Å². The van der Waals surface area contributed by atoms with Crippen molar-refractivity contribution < 1.29 is 21.0 Å². The van der Waals surface area contributed by atoms with Crippen molar-refractivity contribution >= 4 is 31.0 Å². The van der Waals surface area contributed by atoms with Crippen LogP contribution in [0.3, 0.4) is 0 Å². The predicted octanol–water partition coefficient (Wildman–Crippen LogP) is 3.96. The monoisotopic (exact) mass is 482 g/mol. The highest BCUT2D eigenvalue weighted by Crippen LogP contribution is 2.27. The van der Waals surface area contributed by atoms with Gasteiger partial charge in [0.2, 0.25) is 10.0 Å². The van der Waals surface area contributed by atoms with Gasteiger partial charge in [0.25, 0.3) is 0 Å². The standard InChI is InChI=1S/C24H22N2O5S2/c1-32(27,28)31-22-14-12-20(13-15-22)18-26(17-19-7-3-2-4-8-19)33(29,30)23-11-5-9-21-10-6-16-25-24(21)23/h2-16H,17-18H2,1H3. The summed E-state index contributed by atoms with van der Waals surface area (Å²) in [5.74, 6) is 0.164. The zero-order chi connectivity index (χ0) is 23.5. The predicted molar refractivity (Wildman–Crippen MR) is 127 cm³/mol. The lowest BCUT2D eigenvalue weighted by Crippen LogP contribution is -2.30. The number of fused-ring (bicyclic) bond motifs is 1. The second-order valence-electron chi connectivity index (χ2n) is 7.52. The molecule has 170 valence electrons. The average molecular weight is 483 g/mol. The first-order chi connectivity index (χ1) is 15.7. The Hall–Kier alpha value is -3.27. The topological polar surface area (TPSA) is 93.6 Å². The quantitative estimate of drug-likeness (QED) is 0.353. The minimum absolute atomic E-state index is 0.0829. The Morgan fingerprint density at radius 1 is 0.758 bits per heavy atom. The van der Waals surface area contributed by atoms with Crippen LogP contribution in [0, 0.1) is 0 Å². The molecule has 9 heteroatoms. The Balaban J connectivity index is 1.72. The fourth-order valence-electron chi connectivity index (χ4n) is 3.47. The molecular formula is C24H22N2O5S2. The Kier molecular flexibility index (Phi) is 6.46. The molecule has 7 nitrogen and oxygen atoms in total. The zero-order valence-electron chi connectivity index (χ0n) is 17.8. The number of sulfonamides is 1. The van der Waals surface area contributed by atoms with Crippen molar-refractivity contribution in [2.24, 2.45) is 0 Å². The van der Waals surface area contributed by atoms with Crippen molar-refractivity contribution in [1.29, 1.82) is 0 Å². The molecule has 0 saturated heterocycles. The SMILES string of the molecule is CS(=O)(=O)Oc1ccc(CN(Cc2ccccc2)S(=O)(=O)c2cccc3cccnc23)cc1. The maximum absolute atomic E-state index is 13.8. The van der Waals surface area contributed by atoms with Crippen LogP contribution in [0.25, 0.3) is 10.9 Å². The van der Waals surface area contributed by atoms with Crippen molar-refractivity contribution in [2.75, 3.05) is 6.26 Å². The zero-order valence-corrected chi connectivity index (χ0v) is 19.5. The molecule has 0 amide bonds. The van der Waals surface area contributed by atoms with Crippen LogP contribution in [0.2, 0.25) is 0 Å². The number of hydrogen-bond acceptors (Lipinski definition) is 6. The first-order valence-corrected chi connectivity index (χ1v) is 13.3. The van der Waals surface area contributed by atoms with Gasteiger partial charge in [-0.3, -0.25) is 4.98 Å². The van der Waals surface area contributed by atoms with Gasteiger partial charge in [0, 0.05) is 24.7 Å². The molecule has 0 fully saturated rings. The van der Waals surface area contributed by atoms with Crippen LogP contribution >= 0.6 is 0 Å². The van der Waals surface area contributed by atoms with Gasteiger partial charge < -0.3 is 4.18 Å². The van der Waals surface area contributed by atoms with Crippen LogP contribution in [0.1, 0.15) is 11.1 Å².